The van der Waals surface area contributed by atoms with Crippen LogP contribution in [0.2, 0.25) is 0 Å². The molecule has 1 atom stereocenters. The van der Waals surface area contributed by atoms with Gasteiger partial charge in [0.2, 0.25) is 0 Å². The highest BCUT2D eigenvalue weighted by Crippen LogP contribution is 2.49. The second-order valence-corrected chi connectivity index (χ2v) is 7.71. The first kappa shape index (κ1) is 17.9. The zero-order chi connectivity index (χ0) is 18.0. The second kappa shape index (κ2) is 7.17. The molecular weight excluding hydrogens is 315 g/mol. The quantitative estimate of drug-likeness (QED) is 0.775. The van der Waals surface area contributed by atoms with Crippen molar-refractivity contribution in [3.63, 3.8) is 0 Å². The van der Waals surface area contributed by atoms with Crippen LogP contribution < -0.4 is 4.74 Å². The molecule has 0 aliphatic heterocycles. The van der Waals surface area contributed by atoms with E-state index in [9.17, 15) is 9.50 Å². The molecule has 0 bridgehead atoms. The summed E-state index contributed by atoms with van der Waals surface area (Å²) in [6, 6.07) is 10.8. The summed E-state index contributed by atoms with van der Waals surface area (Å²) >= 11 is 0. The van der Waals surface area contributed by atoms with E-state index in [4.69, 9.17) is 4.74 Å². The lowest BCUT2D eigenvalue weighted by atomic mass is 9.65. The summed E-state index contributed by atoms with van der Waals surface area (Å²) < 4.78 is 19.9. The van der Waals surface area contributed by atoms with Crippen LogP contribution in [-0.4, -0.2) is 12.2 Å². The number of aliphatic hydroxyl groups excluding tert-OH is 1. The van der Waals surface area contributed by atoms with Crippen molar-refractivity contribution >= 4 is 0 Å². The highest BCUT2D eigenvalue weighted by molar-refractivity contribution is 5.71. The lowest BCUT2D eigenvalue weighted by Gasteiger charge is -2.40. The average molecular weight is 342 g/mol. The normalized spacial score (nSPS) is 19.6. The van der Waals surface area contributed by atoms with Gasteiger partial charge in [0, 0.05) is 5.56 Å². The van der Waals surface area contributed by atoms with E-state index in [0.29, 0.717) is 17.2 Å². The number of methoxy groups -OCH3 is 1. The molecule has 0 heterocycles. The Kier molecular flexibility index (Phi) is 5.14. The summed E-state index contributed by atoms with van der Waals surface area (Å²) in [7, 11) is 1.59. The van der Waals surface area contributed by atoms with E-state index in [1.807, 2.05) is 12.1 Å². The molecular formula is C22H27FO2. The molecule has 2 nitrogen and oxygen atoms in total. The molecule has 0 spiro atoms. The fourth-order valence-electron chi connectivity index (χ4n) is 4.15. The van der Waals surface area contributed by atoms with Crippen LogP contribution in [0, 0.1) is 11.2 Å². The predicted molar refractivity (Wildman–Crippen MR) is 99.3 cm³/mol. The molecule has 1 N–H and O–H groups in total. The lowest BCUT2D eigenvalue weighted by Crippen LogP contribution is -2.26. The van der Waals surface area contributed by atoms with E-state index in [1.165, 1.54) is 25.3 Å². The van der Waals surface area contributed by atoms with Crippen LogP contribution in [0.15, 0.2) is 36.4 Å². The van der Waals surface area contributed by atoms with Gasteiger partial charge in [-0.3, -0.25) is 0 Å². The molecule has 134 valence electrons. The fraction of sp³-hybridized carbons (Fsp3) is 0.455. The first-order valence-corrected chi connectivity index (χ1v) is 9.04. The van der Waals surface area contributed by atoms with Crippen LogP contribution in [0.25, 0.3) is 11.1 Å². The number of hydrogen-bond donors (Lipinski definition) is 1. The summed E-state index contributed by atoms with van der Waals surface area (Å²) in [6.07, 6.45) is 4.70. The third-order valence-electron chi connectivity index (χ3n) is 5.64. The van der Waals surface area contributed by atoms with Crippen molar-refractivity contribution in [2.75, 3.05) is 7.11 Å². The van der Waals surface area contributed by atoms with Crippen LogP contribution in [-0.2, 0) is 6.61 Å². The molecule has 3 heteroatoms. The largest absolute Gasteiger partial charge is 0.497 e. The van der Waals surface area contributed by atoms with E-state index >= 15 is 0 Å². The van der Waals surface area contributed by atoms with Crippen LogP contribution in [0.5, 0.6) is 5.75 Å². The number of halogens is 1. The van der Waals surface area contributed by atoms with Gasteiger partial charge in [0.25, 0.3) is 0 Å². The summed E-state index contributed by atoms with van der Waals surface area (Å²) in [5, 5.41) is 9.59. The number of hydrogen-bond acceptors (Lipinski definition) is 2. The van der Waals surface area contributed by atoms with Gasteiger partial charge in [0.05, 0.1) is 13.7 Å². The van der Waals surface area contributed by atoms with Crippen molar-refractivity contribution in [1.29, 1.82) is 0 Å². The average Bonchev–Trinajstić information content (AvgIpc) is 2.61. The molecule has 1 saturated carbocycles. The standard InChI is InChI=1S/C22H27FO2/c1-22(2)11-5-4-6-20(22)18-12-15(14-24)7-9-17(18)19-13-16(25-3)8-10-21(19)23/h7-10,12-13,20,24H,4-6,11,14H2,1-3H3/t20-/m1/s1. The van der Waals surface area contributed by atoms with Crippen molar-refractivity contribution in [3.8, 4) is 16.9 Å². The lowest BCUT2D eigenvalue weighted by molar-refractivity contribution is 0.199. The van der Waals surface area contributed by atoms with Gasteiger partial charge in [-0.05, 0) is 59.1 Å². The Morgan fingerprint density at radius 3 is 2.60 bits per heavy atom. The smallest absolute Gasteiger partial charge is 0.131 e. The molecule has 3 rings (SSSR count). The number of rotatable bonds is 4. The maximum absolute atomic E-state index is 14.6. The van der Waals surface area contributed by atoms with E-state index in [2.05, 4.69) is 19.9 Å². The molecule has 2 aromatic rings. The Hall–Kier alpha value is -1.87. The minimum Gasteiger partial charge on any atom is -0.497 e. The van der Waals surface area contributed by atoms with Gasteiger partial charge in [-0.15, -0.1) is 0 Å². The van der Waals surface area contributed by atoms with Gasteiger partial charge >= 0.3 is 0 Å². The minimum atomic E-state index is -0.243. The van der Waals surface area contributed by atoms with Crippen molar-refractivity contribution < 1.29 is 14.2 Å². The van der Waals surface area contributed by atoms with Crippen LogP contribution in [0.4, 0.5) is 4.39 Å². The van der Waals surface area contributed by atoms with E-state index in [1.54, 1.807) is 19.2 Å². The van der Waals surface area contributed by atoms with Crippen LogP contribution in [0.1, 0.15) is 56.6 Å². The number of aliphatic hydroxyl groups is 1. The van der Waals surface area contributed by atoms with Crippen molar-refractivity contribution in [3.05, 3.63) is 53.3 Å². The summed E-state index contributed by atoms with van der Waals surface area (Å²) in [6.45, 7) is 4.60. The Balaban J connectivity index is 2.17. The molecule has 0 saturated heterocycles. The van der Waals surface area contributed by atoms with Crippen LogP contribution >= 0.6 is 0 Å². The number of benzene rings is 2. The van der Waals surface area contributed by atoms with Crippen molar-refractivity contribution in [2.45, 2.75) is 52.1 Å². The van der Waals surface area contributed by atoms with Crippen LogP contribution in [0.3, 0.4) is 0 Å². The SMILES string of the molecule is COc1ccc(F)c(-c2ccc(CO)cc2[C@H]2CCCCC2(C)C)c1. The molecule has 0 radical (unpaired) electrons. The molecule has 1 aliphatic carbocycles. The molecule has 1 aliphatic rings. The van der Waals surface area contributed by atoms with E-state index < -0.39 is 0 Å². The molecule has 0 unspecified atom stereocenters. The van der Waals surface area contributed by atoms with Gasteiger partial charge < -0.3 is 9.84 Å². The maximum Gasteiger partial charge on any atom is 0.131 e. The number of ether oxygens (including phenoxy) is 1. The van der Waals surface area contributed by atoms with Gasteiger partial charge in [-0.25, -0.2) is 4.39 Å². The monoisotopic (exact) mass is 342 g/mol. The maximum atomic E-state index is 14.6. The third kappa shape index (κ3) is 3.57. The Labute approximate surface area is 149 Å². The van der Waals surface area contributed by atoms with E-state index in [-0.39, 0.29) is 17.8 Å². The van der Waals surface area contributed by atoms with Gasteiger partial charge in [-0.2, -0.15) is 0 Å². The summed E-state index contributed by atoms with van der Waals surface area (Å²) in [5.41, 5.74) is 3.66. The zero-order valence-electron chi connectivity index (χ0n) is 15.3. The fourth-order valence-corrected chi connectivity index (χ4v) is 4.15. The molecule has 0 amide bonds. The predicted octanol–water partition coefficient (Wildman–Crippen LogP) is 5.68. The summed E-state index contributed by atoms with van der Waals surface area (Å²) in [5.74, 6) is 0.761. The van der Waals surface area contributed by atoms with Crippen molar-refractivity contribution in [1.82, 2.24) is 0 Å². The first-order chi connectivity index (χ1) is 12.0. The van der Waals surface area contributed by atoms with Gasteiger partial charge in [0.15, 0.2) is 0 Å². The second-order valence-electron chi connectivity index (χ2n) is 7.71. The van der Waals surface area contributed by atoms with Gasteiger partial charge in [0.1, 0.15) is 11.6 Å². The minimum absolute atomic E-state index is 0.00101. The first-order valence-electron chi connectivity index (χ1n) is 9.04. The third-order valence-corrected chi connectivity index (χ3v) is 5.64. The molecule has 1 fully saturated rings. The zero-order valence-corrected chi connectivity index (χ0v) is 15.3. The topological polar surface area (TPSA) is 29.5 Å². The Morgan fingerprint density at radius 1 is 1.12 bits per heavy atom. The van der Waals surface area contributed by atoms with E-state index in [0.717, 1.165) is 23.1 Å². The molecule has 2 aromatic carbocycles. The van der Waals surface area contributed by atoms with Crippen molar-refractivity contribution in [2.24, 2.45) is 5.41 Å². The van der Waals surface area contributed by atoms with Gasteiger partial charge in [-0.1, -0.05) is 44.9 Å². The molecule has 0 aromatic heterocycles. The summed E-state index contributed by atoms with van der Waals surface area (Å²) in [4.78, 5) is 0. The Bertz CT molecular complexity index is 752. The molecule has 25 heavy (non-hydrogen) atoms. The Morgan fingerprint density at radius 2 is 1.92 bits per heavy atom. The highest BCUT2D eigenvalue weighted by Gasteiger charge is 2.35. The highest BCUT2D eigenvalue weighted by atomic mass is 19.1.